The molecule has 0 saturated carbocycles. The molecule has 5 heteroatoms. The van der Waals surface area contributed by atoms with E-state index < -0.39 is 6.10 Å². The molecule has 0 saturated heterocycles. The fraction of sp³-hybridized carbons (Fsp3) is 0.529. The molecule has 0 spiro atoms. The molecule has 0 fully saturated rings. The number of carbonyl (C=O) groups excluding carboxylic acids is 2. The maximum Gasteiger partial charge on any atom is 0.263 e. The molecule has 2 amide bonds. The molecule has 0 unspecified atom stereocenters. The quantitative estimate of drug-likeness (QED) is 0.839. The average molecular weight is 306 g/mol. The normalized spacial score (nSPS) is 11.9. The number of nitrogens with one attached hydrogen (secondary N) is 1. The lowest BCUT2D eigenvalue weighted by atomic mass is 10.2. The van der Waals surface area contributed by atoms with E-state index in [2.05, 4.69) is 5.32 Å². The molecule has 22 heavy (non-hydrogen) atoms. The van der Waals surface area contributed by atoms with Gasteiger partial charge in [0.25, 0.3) is 5.91 Å². The van der Waals surface area contributed by atoms with Crippen molar-refractivity contribution in [1.29, 1.82) is 0 Å². The Morgan fingerprint density at radius 3 is 2.50 bits per heavy atom. The average Bonchev–Trinajstić information content (AvgIpc) is 2.43. The van der Waals surface area contributed by atoms with Crippen molar-refractivity contribution in [2.24, 2.45) is 0 Å². The van der Waals surface area contributed by atoms with Crippen molar-refractivity contribution >= 4 is 11.8 Å². The standard InChI is InChI=1S/C17H26N2O3/c1-6-19(11-16(20)18-12(2)3)17(21)14(5)22-15-9-7-8-13(4)10-15/h7-10,12,14H,6,11H2,1-5H3,(H,18,20)/t14-/m1/s1. The van der Waals surface area contributed by atoms with Crippen LogP contribution in [0.25, 0.3) is 0 Å². The van der Waals surface area contributed by atoms with Crippen molar-refractivity contribution in [2.45, 2.75) is 46.8 Å². The molecule has 0 bridgehead atoms. The van der Waals surface area contributed by atoms with Crippen LogP contribution >= 0.6 is 0 Å². The Morgan fingerprint density at radius 2 is 1.95 bits per heavy atom. The van der Waals surface area contributed by atoms with Crippen molar-refractivity contribution in [3.8, 4) is 5.75 Å². The highest BCUT2D eigenvalue weighted by atomic mass is 16.5. The van der Waals surface area contributed by atoms with E-state index >= 15 is 0 Å². The van der Waals surface area contributed by atoms with Crippen molar-refractivity contribution < 1.29 is 14.3 Å². The minimum Gasteiger partial charge on any atom is -0.481 e. The van der Waals surface area contributed by atoms with E-state index in [0.717, 1.165) is 5.56 Å². The van der Waals surface area contributed by atoms with Gasteiger partial charge in [0, 0.05) is 12.6 Å². The van der Waals surface area contributed by atoms with Gasteiger partial charge in [0.1, 0.15) is 5.75 Å². The first-order chi connectivity index (χ1) is 10.3. The van der Waals surface area contributed by atoms with Gasteiger partial charge in [-0.15, -0.1) is 0 Å². The molecule has 122 valence electrons. The predicted octanol–water partition coefficient (Wildman–Crippen LogP) is 2.14. The largest absolute Gasteiger partial charge is 0.481 e. The number of ether oxygens (including phenoxy) is 1. The van der Waals surface area contributed by atoms with E-state index in [0.29, 0.717) is 12.3 Å². The predicted molar refractivity (Wildman–Crippen MR) is 86.8 cm³/mol. The highest BCUT2D eigenvalue weighted by molar-refractivity contribution is 5.87. The second-order valence-corrected chi connectivity index (χ2v) is 5.65. The fourth-order valence-corrected chi connectivity index (χ4v) is 2.09. The number of rotatable bonds is 7. The number of amides is 2. The summed E-state index contributed by atoms with van der Waals surface area (Å²) < 4.78 is 5.68. The van der Waals surface area contributed by atoms with Crippen LogP contribution in [0.1, 0.15) is 33.3 Å². The Morgan fingerprint density at radius 1 is 1.27 bits per heavy atom. The van der Waals surface area contributed by atoms with Gasteiger partial charge < -0.3 is 15.0 Å². The van der Waals surface area contributed by atoms with Crippen LogP contribution in [0.2, 0.25) is 0 Å². The van der Waals surface area contributed by atoms with Crippen LogP contribution < -0.4 is 10.1 Å². The SMILES string of the molecule is CCN(CC(=O)NC(C)C)C(=O)[C@@H](C)Oc1cccc(C)c1. The topological polar surface area (TPSA) is 58.6 Å². The third kappa shape index (κ3) is 5.76. The lowest BCUT2D eigenvalue weighted by Gasteiger charge is -2.25. The van der Waals surface area contributed by atoms with Crippen LogP contribution in [-0.4, -0.2) is 41.9 Å². The minimum absolute atomic E-state index is 0.0506. The van der Waals surface area contributed by atoms with E-state index in [9.17, 15) is 9.59 Å². The van der Waals surface area contributed by atoms with Crippen LogP contribution in [0.5, 0.6) is 5.75 Å². The summed E-state index contributed by atoms with van der Waals surface area (Å²) in [5.74, 6) is 0.305. The second kappa shape index (κ2) is 8.41. The molecule has 1 atom stereocenters. The first-order valence-corrected chi connectivity index (χ1v) is 7.65. The molecule has 1 N–H and O–H groups in total. The summed E-state index contributed by atoms with van der Waals surface area (Å²) in [5.41, 5.74) is 1.07. The molecule has 1 aromatic carbocycles. The van der Waals surface area contributed by atoms with Crippen molar-refractivity contribution in [3.05, 3.63) is 29.8 Å². The van der Waals surface area contributed by atoms with E-state index in [-0.39, 0.29) is 24.4 Å². The van der Waals surface area contributed by atoms with E-state index in [1.165, 1.54) is 4.90 Å². The van der Waals surface area contributed by atoms with Crippen LogP contribution in [0.15, 0.2) is 24.3 Å². The maximum atomic E-state index is 12.4. The van der Waals surface area contributed by atoms with Gasteiger partial charge in [-0.05, 0) is 52.3 Å². The van der Waals surface area contributed by atoms with E-state index in [4.69, 9.17) is 4.74 Å². The number of carbonyl (C=O) groups is 2. The Balaban J connectivity index is 2.64. The summed E-state index contributed by atoms with van der Waals surface area (Å²) in [6.45, 7) is 9.81. The van der Waals surface area contributed by atoms with Gasteiger partial charge in [-0.3, -0.25) is 9.59 Å². The third-order valence-electron chi connectivity index (χ3n) is 3.13. The number of likely N-dealkylation sites (N-methyl/N-ethyl adjacent to an activating group) is 1. The molecule has 0 aliphatic heterocycles. The Kier molecular flexibility index (Phi) is 6.89. The number of hydrogen-bond acceptors (Lipinski definition) is 3. The fourth-order valence-electron chi connectivity index (χ4n) is 2.09. The lowest BCUT2D eigenvalue weighted by Crippen LogP contribution is -2.46. The highest BCUT2D eigenvalue weighted by Crippen LogP contribution is 2.15. The Bertz CT molecular complexity index is 514. The van der Waals surface area contributed by atoms with Gasteiger partial charge in [-0.2, -0.15) is 0 Å². The summed E-state index contributed by atoms with van der Waals surface area (Å²) in [6.07, 6.45) is -0.631. The van der Waals surface area contributed by atoms with Gasteiger partial charge in [0.15, 0.2) is 6.10 Å². The minimum atomic E-state index is -0.631. The summed E-state index contributed by atoms with van der Waals surface area (Å²) >= 11 is 0. The van der Waals surface area contributed by atoms with Gasteiger partial charge in [0.05, 0.1) is 6.54 Å². The molecule has 0 aliphatic carbocycles. The highest BCUT2D eigenvalue weighted by Gasteiger charge is 2.23. The van der Waals surface area contributed by atoms with Gasteiger partial charge >= 0.3 is 0 Å². The third-order valence-corrected chi connectivity index (χ3v) is 3.13. The summed E-state index contributed by atoms with van der Waals surface area (Å²) in [7, 11) is 0. The summed E-state index contributed by atoms with van der Waals surface area (Å²) in [5, 5.41) is 2.78. The molecule has 1 aromatic rings. The molecule has 1 rings (SSSR count). The number of hydrogen-bond donors (Lipinski definition) is 1. The zero-order valence-electron chi connectivity index (χ0n) is 14.1. The van der Waals surface area contributed by atoms with Crippen LogP contribution in [-0.2, 0) is 9.59 Å². The number of aryl methyl sites for hydroxylation is 1. The molecule has 0 aliphatic rings. The Labute approximate surface area is 132 Å². The zero-order chi connectivity index (χ0) is 16.7. The monoisotopic (exact) mass is 306 g/mol. The Hall–Kier alpha value is -2.04. The maximum absolute atomic E-state index is 12.4. The van der Waals surface area contributed by atoms with Crippen molar-refractivity contribution in [1.82, 2.24) is 10.2 Å². The first-order valence-electron chi connectivity index (χ1n) is 7.65. The summed E-state index contributed by atoms with van der Waals surface area (Å²) in [6, 6.07) is 7.61. The first kappa shape index (κ1) is 18.0. The molecular formula is C17H26N2O3. The smallest absolute Gasteiger partial charge is 0.263 e. The van der Waals surface area contributed by atoms with Crippen LogP contribution in [0.3, 0.4) is 0 Å². The molecule has 0 radical (unpaired) electrons. The molecule has 5 nitrogen and oxygen atoms in total. The lowest BCUT2D eigenvalue weighted by molar-refractivity contribution is -0.141. The van der Waals surface area contributed by atoms with Crippen molar-refractivity contribution in [2.75, 3.05) is 13.1 Å². The van der Waals surface area contributed by atoms with Crippen LogP contribution in [0, 0.1) is 6.92 Å². The number of benzene rings is 1. The number of nitrogens with zero attached hydrogens (tertiary/aromatic N) is 1. The molecular weight excluding hydrogens is 280 g/mol. The molecule has 0 aromatic heterocycles. The second-order valence-electron chi connectivity index (χ2n) is 5.65. The van der Waals surface area contributed by atoms with E-state index in [1.54, 1.807) is 6.92 Å². The van der Waals surface area contributed by atoms with Crippen molar-refractivity contribution in [3.63, 3.8) is 0 Å². The van der Waals surface area contributed by atoms with Gasteiger partial charge in [-0.1, -0.05) is 12.1 Å². The zero-order valence-corrected chi connectivity index (χ0v) is 14.1. The van der Waals surface area contributed by atoms with E-state index in [1.807, 2.05) is 52.0 Å². The van der Waals surface area contributed by atoms with Crippen LogP contribution in [0.4, 0.5) is 0 Å². The van der Waals surface area contributed by atoms with Gasteiger partial charge in [0.2, 0.25) is 5.91 Å². The summed E-state index contributed by atoms with van der Waals surface area (Å²) in [4.78, 5) is 25.7. The molecule has 0 heterocycles. The van der Waals surface area contributed by atoms with Gasteiger partial charge in [-0.25, -0.2) is 0 Å².